The van der Waals surface area contributed by atoms with Gasteiger partial charge in [-0.15, -0.1) is 0 Å². The molecule has 1 atom stereocenters. The summed E-state index contributed by atoms with van der Waals surface area (Å²) in [6.45, 7) is 0.619. The van der Waals surface area contributed by atoms with E-state index in [0.717, 1.165) is 22.5 Å². The van der Waals surface area contributed by atoms with Crippen molar-refractivity contribution in [1.82, 2.24) is 5.32 Å². The Morgan fingerprint density at radius 3 is 2.62 bits per heavy atom. The largest absolute Gasteiger partial charge is 0.347 e. The van der Waals surface area contributed by atoms with Gasteiger partial charge >= 0.3 is 0 Å². The van der Waals surface area contributed by atoms with E-state index < -0.39 is 6.04 Å². The number of rotatable bonds is 6. The van der Waals surface area contributed by atoms with E-state index in [1.165, 1.54) is 0 Å². The number of amides is 2. The summed E-state index contributed by atoms with van der Waals surface area (Å²) >= 11 is 1.55. The van der Waals surface area contributed by atoms with Gasteiger partial charge in [0.15, 0.2) is 0 Å². The normalized spacial score (nSPS) is 17.0. The molecule has 2 aromatic carbocycles. The zero-order valence-corrected chi connectivity index (χ0v) is 14.2. The minimum absolute atomic E-state index is 0.0562. The lowest BCUT2D eigenvalue weighted by Crippen LogP contribution is -2.37. The summed E-state index contributed by atoms with van der Waals surface area (Å²) in [5, 5.41) is 2.57. The number of para-hydroxylation sites is 1. The Balaban J connectivity index is 1.82. The molecule has 0 saturated carbocycles. The van der Waals surface area contributed by atoms with Crippen LogP contribution in [0.5, 0.6) is 0 Å². The third-order valence-electron chi connectivity index (χ3n) is 4.10. The lowest BCUT2D eigenvalue weighted by molar-refractivity contribution is -0.121. The second-order valence-corrected chi connectivity index (χ2v) is 6.13. The van der Waals surface area contributed by atoms with Crippen LogP contribution >= 0.6 is 11.9 Å². The van der Waals surface area contributed by atoms with E-state index in [4.69, 9.17) is 0 Å². The molecule has 1 unspecified atom stereocenters. The maximum atomic E-state index is 12.3. The van der Waals surface area contributed by atoms with Crippen molar-refractivity contribution in [2.75, 3.05) is 22.4 Å². The summed E-state index contributed by atoms with van der Waals surface area (Å²) in [7, 11) is 0. The Morgan fingerprint density at radius 2 is 1.92 bits per heavy atom. The Kier molecular flexibility index (Phi) is 5.05. The molecule has 3 rings (SSSR count). The summed E-state index contributed by atoms with van der Waals surface area (Å²) in [6, 6.07) is 15.6. The lowest BCUT2D eigenvalue weighted by Gasteiger charge is -2.17. The summed E-state index contributed by atoms with van der Waals surface area (Å²) < 4.78 is 3.28. The summed E-state index contributed by atoms with van der Waals surface area (Å²) in [5.74, 6) is -0.0562. The summed E-state index contributed by atoms with van der Waals surface area (Å²) in [6.07, 6.45) is 3.22. The molecule has 0 aromatic heterocycles. The SMILES string of the molecule is CSNc1ccccc1-c1ccc(N2CCC(NC=O)C2=O)cc1. The molecule has 1 saturated heterocycles. The average Bonchev–Trinajstić information content (AvgIpc) is 2.97. The average molecular weight is 341 g/mol. The number of hydrogen-bond donors (Lipinski definition) is 2. The Labute approximate surface area is 145 Å². The van der Waals surface area contributed by atoms with Gasteiger partial charge in [-0.25, -0.2) is 0 Å². The predicted molar refractivity (Wildman–Crippen MR) is 99.0 cm³/mol. The van der Waals surface area contributed by atoms with Crippen LogP contribution in [0.2, 0.25) is 0 Å². The number of nitrogens with one attached hydrogen (secondary N) is 2. The number of benzene rings is 2. The second kappa shape index (κ2) is 7.40. The molecule has 1 aliphatic rings. The van der Waals surface area contributed by atoms with Gasteiger partial charge < -0.3 is 14.9 Å². The zero-order chi connectivity index (χ0) is 16.9. The molecule has 1 aliphatic heterocycles. The van der Waals surface area contributed by atoms with E-state index in [2.05, 4.69) is 16.1 Å². The van der Waals surface area contributed by atoms with E-state index in [9.17, 15) is 9.59 Å². The van der Waals surface area contributed by atoms with Crippen molar-refractivity contribution in [2.45, 2.75) is 12.5 Å². The molecule has 2 N–H and O–H groups in total. The second-order valence-electron chi connectivity index (χ2n) is 5.51. The Bertz CT molecular complexity index is 733. The molecule has 0 bridgehead atoms. The molecule has 0 radical (unpaired) electrons. The van der Waals surface area contributed by atoms with Gasteiger partial charge in [-0.1, -0.05) is 42.3 Å². The van der Waals surface area contributed by atoms with Gasteiger partial charge in [0.2, 0.25) is 12.3 Å². The highest BCUT2D eigenvalue weighted by atomic mass is 32.2. The van der Waals surface area contributed by atoms with Gasteiger partial charge in [-0.05, 0) is 30.2 Å². The molecule has 1 fully saturated rings. The van der Waals surface area contributed by atoms with Crippen LogP contribution in [0.25, 0.3) is 11.1 Å². The number of carbonyl (C=O) groups is 2. The molecular formula is C18H19N3O2S. The first-order chi connectivity index (χ1) is 11.7. The van der Waals surface area contributed by atoms with E-state index in [-0.39, 0.29) is 5.91 Å². The number of hydrogen-bond acceptors (Lipinski definition) is 4. The maximum absolute atomic E-state index is 12.3. The van der Waals surface area contributed by atoms with Crippen LogP contribution in [-0.2, 0) is 9.59 Å². The third kappa shape index (κ3) is 3.23. The summed E-state index contributed by atoms with van der Waals surface area (Å²) in [5.41, 5.74) is 4.12. The van der Waals surface area contributed by atoms with E-state index in [0.29, 0.717) is 19.4 Å². The minimum atomic E-state index is -0.409. The first kappa shape index (κ1) is 16.4. The van der Waals surface area contributed by atoms with Crippen molar-refractivity contribution in [2.24, 2.45) is 0 Å². The van der Waals surface area contributed by atoms with Crippen molar-refractivity contribution < 1.29 is 9.59 Å². The highest BCUT2D eigenvalue weighted by Gasteiger charge is 2.31. The number of anilines is 2. The summed E-state index contributed by atoms with van der Waals surface area (Å²) in [4.78, 5) is 24.5. The van der Waals surface area contributed by atoms with Crippen molar-refractivity contribution in [3.8, 4) is 11.1 Å². The molecule has 2 amide bonds. The minimum Gasteiger partial charge on any atom is -0.347 e. The molecule has 5 nitrogen and oxygen atoms in total. The van der Waals surface area contributed by atoms with Crippen molar-refractivity contribution in [3.63, 3.8) is 0 Å². The van der Waals surface area contributed by atoms with Crippen LogP contribution in [0, 0.1) is 0 Å². The molecule has 2 aromatic rings. The van der Waals surface area contributed by atoms with Crippen molar-refractivity contribution in [1.29, 1.82) is 0 Å². The van der Waals surface area contributed by atoms with Gasteiger partial charge in [-0.3, -0.25) is 9.59 Å². The van der Waals surface area contributed by atoms with E-state index >= 15 is 0 Å². The standard InChI is InChI=1S/C18H19N3O2S/c1-24-20-16-5-3-2-4-15(16)13-6-8-14(9-7-13)21-11-10-17(18(21)23)19-12-22/h2-9,12,17,20H,10-11H2,1H3,(H,19,22). The Morgan fingerprint density at radius 1 is 1.17 bits per heavy atom. The van der Waals surface area contributed by atoms with Crippen molar-refractivity contribution in [3.05, 3.63) is 48.5 Å². The van der Waals surface area contributed by atoms with E-state index in [1.807, 2.05) is 48.7 Å². The van der Waals surface area contributed by atoms with Gasteiger partial charge in [0.05, 0.1) is 5.69 Å². The molecule has 124 valence electrons. The molecule has 6 heteroatoms. The quantitative estimate of drug-likeness (QED) is 0.626. The van der Waals surface area contributed by atoms with Gasteiger partial charge in [-0.2, -0.15) is 0 Å². The zero-order valence-electron chi connectivity index (χ0n) is 13.4. The molecular weight excluding hydrogens is 322 g/mol. The molecule has 0 spiro atoms. The van der Waals surface area contributed by atoms with Crippen molar-refractivity contribution >= 4 is 35.6 Å². The van der Waals surface area contributed by atoms with Crippen LogP contribution in [0.3, 0.4) is 0 Å². The van der Waals surface area contributed by atoms with Gasteiger partial charge in [0.25, 0.3) is 0 Å². The van der Waals surface area contributed by atoms with Crippen LogP contribution < -0.4 is 14.9 Å². The predicted octanol–water partition coefficient (Wildman–Crippen LogP) is 2.89. The first-order valence-corrected chi connectivity index (χ1v) is 8.96. The van der Waals surface area contributed by atoms with Crippen LogP contribution in [0.1, 0.15) is 6.42 Å². The smallest absolute Gasteiger partial charge is 0.249 e. The van der Waals surface area contributed by atoms with Gasteiger partial charge in [0.1, 0.15) is 6.04 Å². The van der Waals surface area contributed by atoms with Gasteiger partial charge in [0, 0.05) is 24.1 Å². The molecule has 0 aliphatic carbocycles. The number of nitrogens with zero attached hydrogens (tertiary/aromatic N) is 1. The topological polar surface area (TPSA) is 61.4 Å². The fraction of sp³-hybridized carbons (Fsp3) is 0.222. The van der Waals surface area contributed by atoms with Crippen LogP contribution in [0.15, 0.2) is 48.5 Å². The highest BCUT2D eigenvalue weighted by Crippen LogP contribution is 2.31. The molecule has 1 heterocycles. The fourth-order valence-electron chi connectivity index (χ4n) is 2.93. The third-order valence-corrected chi connectivity index (χ3v) is 4.53. The molecule has 24 heavy (non-hydrogen) atoms. The van der Waals surface area contributed by atoms with Crippen LogP contribution in [0.4, 0.5) is 11.4 Å². The monoisotopic (exact) mass is 341 g/mol. The highest BCUT2D eigenvalue weighted by molar-refractivity contribution is 7.99. The maximum Gasteiger partial charge on any atom is 0.249 e. The van der Waals surface area contributed by atoms with E-state index in [1.54, 1.807) is 16.8 Å². The first-order valence-electron chi connectivity index (χ1n) is 7.74. The number of carbonyl (C=O) groups excluding carboxylic acids is 2. The fourth-order valence-corrected chi connectivity index (χ4v) is 3.33. The lowest BCUT2D eigenvalue weighted by atomic mass is 10.0. The Hall–Kier alpha value is -2.47. The van der Waals surface area contributed by atoms with Crippen LogP contribution in [-0.4, -0.2) is 31.2 Å².